The Morgan fingerprint density at radius 2 is 1.94 bits per heavy atom. The highest BCUT2D eigenvalue weighted by molar-refractivity contribution is 8.23. The summed E-state index contributed by atoms with van der Waals surface area (Å²) < 4.78 is 0.843. The lowest BCUT2D eigenvalue weighted by Gasteiger charge is -2.17. The van der Waals surface area contributed by atoms with Gasteiger partial charge in [0.2, 0.25) is 5.91 Å². The van der Waals surface area contributed by atoms with Gasteiger partial charge in [-0.1, -0.05) is 42.2 Å². The van der Waals surface area contributed by atoms with Gasteiger partial charge < -0.3 is 10.2 Å². The minimum atomic E-state index is -0.00672. The highest BCUT2D eigenvalue weighted by Gasteiger charge is 2.16. The van der Waals surface area contributed by atoms with Gasteiger partial charge in [0.15, 0.2) is 0 Å². The number of hydrogen-bond acceptors (Lipinski definition) is 3. The van der Waals surface area contributed by atoms with Crippen molar-refractivity contribution in [2.75, 3.05) is 24.2 Å². The van der Waals surface area contributed by atoms with E-state index in [0.29, 0.717) is 5.75 Å². The molecular weight excluding hydrogens is 264 g/mol. The molecule has 1 amide bonds. The molecular formula is C13H16N2OS2. The molecule has 0 atom stereocenters. The van der Waals surface area contributed by atoms with Crippen LogP contribution in [-0.2, 0) is 4.79 Å². The lowest BCUT2D eigenvalue weighted by Crippen LogP contribution is -2.25. The molecule has 1 aliphatic heterocycles. The lowest BCUT2D eigenvalue weighted by atomic mass is 10.3. The van der Waals surface area contributed by atoms with Crippen molar-refractivity contribution in [2.24, 2.45) is 0 Å². The second kappa shape index (κ2) is 6.75. The fraction of sp³-hybridized carbons (Fsp3) is 0.385. The molecule has 0 aliphatic carbocycles. The Kier molecular flexibility index (Phi) is 5.01. The van der Waals surface area contributed by atoms with Crippen LogP contribution in [0.2, 0.25) is 0 Å². The zero-order chi connectivity index (χ0) is 12.8. The van der Waals surface area contributed by atoms with Crippen molar-refractivity contribution in [1.82, 2.24) is 4.90 Å². The van der Waals surface area contributed by atoms with E-state index in [1.54, 1.807) is 0 Å². The maximum Gasteiger partial charge on any atom is 0.234 e. The van der Waals surface area contributed by atoms with Gasteiger partial charge in [-0.2, -0.15) is 0 Å². The highest BCUT2D eigenvalue weighted by atomic mass is 32.2. The third-order valence-electron chi connectivity index (χ3n) is 2.75. The third kappa shape index (κ3) is 3.99. The Bertz CT molecular complexity index is 416. The Balaban J connectivity index is 1.73. The first-order chi connectivity index (χ1) is 8.75. The normalized spacial score (nSPS) is 14.6. The maximum atomic E-state index is 11.7. The Labute approximate surface area is 117 Å². The monoisotopic (exact) mass is 280 g/mol. The van der Waals surface area contributed by atoms with Gasteiger partial charge in [0.1, 0.15) is 4.32 Å². The summed E-state index contributed by atoms with van der Waals surface area (Å²) in [5, 5.41) is 2.85. The van der Waals surface area contributed by atoms with Crippen LogP contribution in [0.4, 0.5) is 5.69 Å². The second-order valence-electron chi connectivity index (χ2n) is 4.16. The molecule has 1 heterocycles. The number of nitrogens with one attached hydrogen (secondary N) is 1. The zero-order valence-corrected chi connectivity index (χ0v) is 11.7. The molecule has 1 N–H and O–H groups in total. The molecule has 18 heavy (non-hydrogen) atoms. The first-order valence-electron chi connectivity index (χ1n) is 6.02. The van der Waals surface area contributed by atoms with E-state index in [9.17, 15) is 4.79 Å². The predicted molar refractivity (Wildman–Crippen MR) is 80.9 cm³/mol. The molecule has 96 valence electrons. The van der Waals surface area contributed by atoms with Gasteiger partial charge in [-0.25, -0.2) is 0 Å². The molecule has 1 aromatic rings. The Morgan fingerprint density at radius 1 is 1.28 bits per heavy atom. The third-order valence-corrected chi connectivity index (χ3v) is 4.27. The smallest absolute Gasteiger partial charge is 0.234 e. The van der Waals surface area contributed by atoms with Crippen LogP contribution in [0.3, 0.4) is 0 Å². The minimum Gasteiger partial charge on any atom is -0.358 e. The molecule has 0 unspecified atom stereocenters. The standard InChI is InChI=1S/C13H16N2OS2/c16-12(14-11-6-2-1-3-7-11)10-18-13(17)15-8-4-5-9-15/h1-3,6-7H,4-5,8-10H2,(H,14,16). The van der Waals surface area contributed by atoms with Gasteiger partial charge in [-0.05, 0) is 25.0 Å². The van der Waals surface area contributed by atoms with Gasteiger partial charge >= 0.3 is 0 Å². The molecule has 1 aliphatic rings. The summed E-state index contributed by atoms with van der Waals surface area (Å²) in [6.45, 7) is 2.07. The second-order valence-corrected chi connectivity index (χ2v) is 5.77. The van der Waals surface area contributed by atoms with E-state index in [2.05, 4.69) is 10.2 Å². The van der Waals surface area contributed by atoms with E-state index in [1.807, 2.05) is 30.3 Å². The summed E-state index contributed by atoms with van der Waals surface area (Å²) in [4.78, 5) is 13.9. The number of nitrogens with zero attached hydrogens (tertiary/aromatic N) is 1. The van der Waals surface area contributed by atoms with Crippen LogP contribution in [0, 0.1) is 0 Å². The van der Waals surface area contributed by atoms with Gasteiger partial charge in [0.05, 0.1) is 5.75 Å². The molecule has 0 bridgehead atoms. The van der Waals surface area contributed by atoms with E-state index in [1.165, 1.54) is 24.6 Å². The number of amides is 1. The molecule has 0 radical (unpaired) electrons. The Hall–Kier alpha value is -1.07. The lowest BCUT2D eigenvalue weighted by molar-refractivity contribution is -0.113. The number of thiocarbonyl (C=S) groups is 1. The van der Waals surface area contributed by atoms with Crippen molar-refractivity contribution in [3.05, 3.63) is 30.3 Å². The predicted octanol–water partition coefficient (Wildman–Crippen LogP) is 2.74. The molecule has 0 aromatic heterocycles. The zero-order valence-electron chi connectivity index (χ0n) is 10.1. The largest absolute Gasteiger partial charge is 0.358 e. The number of likely N-dealkylation sites (tertiary alicyclic amines) is 1. The van der Waals surface area contributed by atoms with Crippen LogP contribution in [0.25, 0.3) is 0 Å². The summed E-state index contributed by atoms with van der Waals surface area (Å²) in [7, 11) is 0. The number of carbonyl (C=O) groups is 1. The summed E-state index contributed by atoms with van der Waals surface area (Å²) in [5.74, 6) is 0.372. The first kappa shape index (κ1) is 13.4. The molecule has 1 aromatic carbocycles. The van der Waals surface area contributed by atoms with E-state index in [0.717, 1.165) is 23.1 Å². The number of thioether (sulfide) groups is 1. The molecule has 3 nitrogen and oxygen atoms in total. The van der Waals surface area contributed by atoms with Crippen molar-refractivity contribution in [3.8, 4) is 0 Å². The van der Waals surface area contributed by atoms with Crippen molar-refractivity contribution in [1.29, 1.82) is 0 Å². The van der Waals surface area contributed by atoms with Gasteiger partial charge in [-0.15, -0.1) is 0 Å². The van der Waals surface area contributed by atoms with Crippen LogP contribution >= 0.6 is 24.0 Å². The molecule has 0 saturated carbocycles. The number of para-hydroxylation sites is 1. The molecule has 1 fully saturated rings. The van der Waals surface area contributed by atoms with Gasteiger partial charge in [-0.3, -0.25) is 4.79 Å². The van der Waals surface area contributed by atoms with Gasteiger partial charge in [0.25, 0.3) is 0 Å². The topological polar surface area (TPSA) is 32.3 Å². The highest BCUT2D eigenvalue weighted by Crippen LogP contribution is 2.16. The van der Waals surface area contributed by atoms with Crippen LogP contribution in [0.15, 0.2) is 30.3 Å². The van der Waals surface area contributed by atoms with Crippen molar-refractivity contribution in [3.63, 3.8) is 0 Å². The summed E-state index contributed by atoms with van der Waals surface area (Å²) >= 11 is 6.75. The van der Waals surface area contributed by atoms with Crippen molar-refractivity contribution in [2.45, 2.75) is 12.8 Å². The maximum absolute atomic E-state index is 11.7. The first-order valence-corrected chi connectivity index (χ1v) is 7.42. The summed E-state index contributed by atoms with van der Waals surface area (Å²) in [5.41, 5.74) is 0.829. The van der Waals surface area contributed by atoms with Crippen molar-refractivity contribution >= 4 is 39.9 Å². The van der Waals surface area contributed by atoms with E-state index in [-0.39, 0.29) is 5.91 Å². The van der Waals surface area contributed by atoms with E-state index < -0.39 is 0 Å². The number of rotatable bonds is 3. The van der Waals surface area contributed by atoms with Gasteiger partial charge in [0, 0.05) is 18.8 Å². The minimum absolute atomic E-state index is 0.00672. The van der Waals surface area contributed by atoms with Crippen LogP contribution in [-0.4, -0.2) is 34.0 Å². The number of benzene rings is 1. The van der Waals surface area contributed by atoms with E-state index >= 15 is 0 Å². The molecule has 2 rings (SSSR count). The SMILES string of the molecule is O=C(CSC(=S)N1CCCC1)Nc1ccccc1. The van der Waals surface area contributed by atoms with Crippen molar-refractivity contribution < 1.29 is 4.79 Å². The molecule has 1 saturated heterocycles. The number of hydrogen-bond donors (Lipinski definition) is 1. The average molecular weight is 280 g/mol. The summed E-state index contributed by atoms with van der Waals surface area (Å²) in [6.07, 6.45) is 2.41. The molecule has 0 spiro atoms. The fourth-order valence-corrected chi connectivity index (χ4v) is 2.89. The fourth-order valence-electron chi connectivity index (χ4n) is 1.84. The molecule has 5 heteroatoms. The van der Waals surface area contributed by atoms with Crippen LogP contribution in [0.5, 0.6) is 0 Å². The quantitative estimate of drug-likeness (QED) is 0.863. The summed E-state index contributed by atoms with van der Waals surface area (Å²) in [6, 6.07) is 9.48. The van der Waals surface area contributed by atoms with E-state index in [4.69, 9.17) is 12.2 Å². The number of anilines is 1. The Morgan fingerprint density at radius 3 is 2.61 bits per heavy atom. The number of carbonyl (C=O) groups excluding carboxylic acids is 1. The van der Waals surface area contributed by atoms with Crippen LogP contribution in [0.1, 0.15) is 12.8 Å². The average Bonchev–Trinajstić information content (AvgIpc) is 2.91. The van der Waals surface area contributed by atoms with Crippen LogP contribution < -0.4 is 5.32 Å².